The molecule has 0 aliphatic rings. The van der Waals surface area contributed by atoms with E-state index in [1.807, 2.05) is 50.2 Å². The van der Waals surface area contributed by atoms with Crippen molar-refractivity contribution in [2.24, 2.45) is 5.73 Å². The van der Waals surface area contributed by atoms with Crippen molar-refractivity contribution in [3.8, 4) is 0 Å². The highest BCUT2D eigenvalue weighted by atomic mass is 35.5. The fourth-order valence-electron chi connectivity index (χ4n) is 2.45. The van der Waals surface area contributed by atoms with E-state index >= 15 is 0 Å². The molecule has 2 aromatic carbocycles. The highest BCUT2D eigenvalue weighted by Gasteiger charge is 2.22. The SMILES string of the molecule is Cc1ccc(C(CN)C(O)c2ccc(Cl)cc2C)cc1. The largest absolute Gasteiger partial charge is 0.388 e. The smallest absolute Gasteiger partial charge is 0.0873 e. The van der Waals surface area contributed by atoms with Gasteiger partial charge in [0.05, 0.1) is 6.10 Å². The van der Waals surface area contributed by atoms with E-state index in [9.17, 15) is 5.11 Å². The molecule has 0 radical (unpaired) electrons. The first-order valence-corrected chi connectivity index (χ1v) is 7.11. The van der Waals surface area contributed by atoms with E-state index < -0.39 is 6.10 Å². The maximum atomic E-state index is 10.7. The lowest BCUT2D eigenvalue weighted by atomic mass is 9.87. The number of aryl methyl sites for hydroxylation is 2. The van der Waals surface area contributed by atoms with Crippen LogP contribution in [-0.4, -0.2) is 11.7 Å². The highest BCUT2D eigenvalue weighted by molar-refractivity contribution is 6.30. The van der Waals surface area contributed by atoms with Crippen LogP contribution in [-0.2, 0) is 0 Å². The molecule has 106 valence electrons. The van der Waals surface area contributed by atoms with Crippen LogP contribution in [0.2, 0.25) is 5.02 Å². The average molecular weight is 290 g/mol. The predicted octanol–water partition coefficient (Wildman–Crippen LogP) is 3.73. The second-order valence-corrected chi connectivity index (χ2v) is 5.64. The molecule has 0 saturated carbocycles. The molecule has 0 heterocycles. The molecule has 3 heteroatoms. The van der Waals surface area contributed by atoms with Crippen LogP contribution < -0.4 is 5.73 Å². The number of nitrogens with two attached hydrogens (primary N) is 1. The zero-order chi connectivity index (χ0) is 14.7. The Bertz CT molecular complexity index is 580. The Hall–Kier alpha value is -1.35. The number of aliphatic hydroxyl groups is 1. The zero-order valence-electron chi connectivity index (χ0n) is 11.8. The summed E-state index contributed by atoms with van der Waals surface area (Å²) in [6.45, 7) is 4.39. The first-order chi connectivity index (χ1) is 9.52. The molecule has 3 N–H and O–H groups in total. The molecular weight excluding hydrogens is 270 g/mol. The minimum Gasteiger partial charge on any atom is -0.388 e. The third-order valence-corrected chi connectivity index (χ3v) is 3.93. The molecule has 2 nitrogen and oxygen atoms in total. The van der Waals surface area contributed by atoms with Crippen LogP contribution in [0, 0.1) is 13.8 Å². The molecule has 0 aliphatic heterocycles. The standard InChI is InChI=1S/C17H20ClNO/c1-11-3-5-13(6-4-11)16(10-19)17(20)15-8-7-14(18)9-12(15)2/h3-9,16-17,20H,10,19H2,1-2H3. The van der Waals surface area contributed by atoms with Crippen LogP contribution in [0.15, 0.2) is 42.5 Å². The molecule has 2 unspecified atom stereocenters. The quantitative estimate of drug-likeness (QED) is 0.901. The minimum absolute atomic E-state index is 0.115. The van der Waals surface area contributed by atoms with Crippen LogP contribution in [0.5, 0.6) is 0 Å². The normalized spacial score (nSPS) is 14.1. The predicted molar refractivity (Wildman–Crippen MR) is 84.1 cm³/mol. The Labute approximate surface area is 125 Å². The third kappa shape index (κ3) is 3.21. The van der Waals surface area contributed by atoms with E-state index in [2.05, 4.69) is 0 Å². The molecule has 0 bridgehead atoms. The van der Waals surface area contributed by atoms with Gasteiger partial charge >= 0.3 is 0 Å². The van der Waals surface area contributed by atoms with Crippen LogP contribution in [0.1, 0.15) is 34.3 Å². The van der Waals surface area contributed by atoms with E-state index in [4.69, 9.17) is 17.3 Å². The van der Waals surface area contributed by atoms with Gasteiger partial charge in [0.15, 0.2) is 0 Å². The molecule has 0 aromatic heterocycles. The Morgan fingerprint density at radius 3 is 2.30 bits per heavy atom. The van der Waals surface area contributed by atoms with Gasteiger partial charge in [-0.1, -0.05) is 47.5 Å². The van der Waals surface area contributed by atoms with Crippen molar-refractivity contribution < 1.29 is 5.11 Å². The Kier molecular flexibility index (Phi) is 4.81. The summed E-state index contributed by atoms with van der Waals surface area (Å²) in [7, 11) is 0. The van der Waals surface area contributed by atoms with Crippen LogP contribution >= 0.6 is 11.6 Å². The van der Waals surface area contributed by atoms with Gasteiger partial charge in [0.2, 0.25) is 0 Å². The fourth-order valence-corrected chi connectivity index (χ4v) is 2.68. The number of rotatable bonds is 4. The highest BCUT2D eigenvalue weighted by Crippen LogP contribution is 2.32. The Morgan fingerprint density at radius 2 is 1.75 bits per heavy atom. The monoisotopic (exact) mass is 289 g/mol. The van der Waals surface area contributed by atoms with Crippen LogP contribution in [0.3, 0.4) is 0 Å². The molecule has 0 spiro atoms. The average Bonchev–Trinajstić information content (AvgIpc) is 2.41. The first kappa shape index (κ1) is 15.0. The van der Waals surface area contributed by atoms with Gasteiger partial charge < -0.3 is 10.8 Å². The summed E-state index contributed by atoms with van der Waals surface area (Å²) in [5, 5.41) is 11.3. The molecule has 2 aromatic rings. The Morgan fingerprint density at radius 1 is 1.10 bits per heavy atom. The maximum absolute atomic E-state index is 10.7. The molecule has 20 heavy (non-hydrogen) atoms. The molecule has 0 saturated heterocycles. The number of aliphatic hydroxyl groups excluding tert-OH is 1. The number of hydrogen-bond acceptors (Lipinski definition) is 2. The van der Waals surface area contributed by atoms with Crippen molar-refractivity contribution in [3.05, 3.63) is 69.7 Å². The zero-order valence-corrected chi connectivity index (χ0v) is 12.6. The summed E-state index contributed by atoms with van der Waals surface area (Å²) in [6.07, 6.45) is -0.625. The lowest BCUT2D eigenvalue weighted by Gasteiger charge is -2.24. The van der Waals surface area contributed by atoms with Gasteiger partial charge in [-0.25, -0.2) is 0 Å². The minimum atomic E-state index is -0.625. The number of benzene rings is 2. The van der Waals surface area contributed by atoms with Crippen molar-refractivity contribution >= 4 is 11.6 Å². The first-order valence-electron chi connectivity index (χ1n) is 6.73. The van der Waals surface area contributed by atoms with E-state index in [1.165, 1.54) is 5.56 Å². The summed E-state index contributed by atoms with van der Waals surface area (Å²) in [4.78, 5) is 0. The van der Waals surface area contributed by atoms with Crippen molar-refractivity contribution in [2.45, 2.75) is 25.9 Å². The Balaban J connectivity index is 2.33. The lowest BCUT2D eigenvalue weighted by molar-refractivity contribution is 0.147. The lowest BCUT2D eigenvalue weighted by Crippen LogP contribution is -2.20. The number of halogens is 1. The summed E-state index contributed by atoms with van der Waals surface area (Å²) in [5.74, 6) is -0.115. The third-order valence-electron chi connectivity index (χ3n) is 3.69. The van der Waals surface area contributed by atoms with E-state index in [0.29, 0.717) is 11.6 Å². The molecule has 0 fully saturated rings. The van der Waals surface area contributed by atoms with Crippen molar-refractivity contribution in [2.75, 3.05) is 6.54 Å². The van der Waals surface area contributed by atoms with Crippen molar-refractivity contribution in [1.29, 1.82) is 0 Å². The van der Waals surface area contributed by atoms with Gasteiger partial charge in [0.25, 0.3) is 0 Å². The van der Waals surface area contributed by atoms with E-state index in [1.54, 1.807) is 6.07 Å². The molecule has 2 rings (SSSR count). The molecule has 0 amide bonds. The summed E-state index contributed by atoms with van der Waals surface area (Å²) in [5.41, 5.74) is 9.99. The van der Waals surface area contributed by atoms with Crippen molar-refractivity contribution in [1.82, 2.24) is 0 Å². The van der Waals surface area contributed by atoms with Crippen LogP contribution in [0.25, 0.3) is 0 Å². The van der Waals surface area contributed by atoms with E-state index in [0.717, 1.165) is 16.7 Å². The van der Waals surface area contributed by atoms with E-state index in [-0.39, 0.29) is 5.92 Å². The maximum Gasteiger partial charge on any atom is 0.0873 e. The topological polar surface area (TPSA) is 46.2 Å². The van der Waals surface area contributed by atoms with Gasteiger partial charge in [-0.15, -0.1) is 0 Å². The molecular formula is C17H20ClNO. The summed E-state index contributed by atoms with van der Waals surface area (Å²) < 4.78 is 0. The second kappa shape index (κ2) is 6.40. The van der Waals surface area contributed by atoms with Gasteiger partial charge in [-0.2, -0.15) is 0 Å². The summed E-state index contributed by atoms with van der Waals surface area (Å²) >= 11 is 5.96. The fraction of sp³-hybridized carbons (Fsp3) is 0.294. The van der Waals surface area contributed by atoms with Gasteiger partial charge in [-0.05, 0) is 42.7 Å². The van der Waals surface area contributed by atoms with Gasteiger partial charge in [-0.3, -0.25) is 0 Å². The molecule has 0 aliphatic carbocycles. The van der Waals surface area contributed by atoms with Crippen LogP contribution in [0.4, 0.5) is 0 Å². The second-order valence-electron chi connectivity index (χ2n) is 5.20. The number of hydrogen-bond donors (Lipinski definition) is 2. The van der Waals surface area contributed by atoms with Crippen molar-refractivity contribution in [3.63, 3.8) is 0 Å². The molecule has 2 atom stereocenters. The van der Waals surface area contributed by atoms with Gasteiger partial charge in [0, 0.05) is 17.5 Å². The van der Waals surface area contributed by atoms with Gasteiger partial charge in [0.1, 0.15) is 0 Å². The summed E-state index contributed by atoms with van der Waals surface area (Å²) in [6, 6.07) is 13.7.